The molecule has 2 aromatic rings. The fourth-order valence-corrected chi connectivity index (χ4v) is 6.19. The van der Waals surface area contributed by atoms with Crippen molar-refractivity contribution in [1.82, 2.24) is 20.2 Å². The number of halogens is 3. The van der Waals surface area contributed by atoms with Crippen LogP contribution in [0.2, 0.25) is 0 Å². The van der Waals surface area contributed by atoms with Gasteiger partial charge in [0.15, 0.2) is 0 Å². The van der Waals surface area contributed by atoms with Crippen molar-refractivity contribution in [1.29, 1.82) is 0 Å². The lowest BCUT2D eigenvalue weighted by Crippen LogP contribution is -2.64. The summed E-state index contributed by atoms with van der Waals surface area (Å²) in [5.41, 5.74) is -1.43. The molecule has 2 aliphatic carbocycles. The molecule has 1 unspecified atom stereocenters. The van der Waals surface area contributed by atoms with E-state index in [2.05, 4.69) is 25.5 Å². The van der Waals surface area contributed by atoms with Crippen LogP contribution in [0.1, 0.15) is 56.9 Å². The molecule has 8 nitrogen and oxygen atoms in total. The molecule has 5 rings (SSSR count). The summed E-state index contributed by atoms with van der Waals surface area (Å²) in [6.07, 6.45) is 3.21. The molecule has 1 atom stereocenters. The Labute approximate surface area is 213 Å². The summed E-state index contributed by atoms with van der Waals surface area (Å²) in [6.45, 7) is 1.31. The van der Waals surface area contributed by atoms with E-state index in [1.165, 1.54) is 12.4 Å². The third kappa shape index (κ3) is 5.68. The molecule has 1 aromatic heterocycles. The van der Waals surface area contributed by atoms with Crippen molar-refractivity contribution >= 4 is 22.6 Å². The van der Waals surface area contributed by atoms with Crippen LogP contribution in [0, 0.1) is 5.92 Å². The van der Waals surface area contributed by atoms with Crippen LogP contribution >= 0.6 is 0 Å². The van der Waals surface area contributed by atoms with Crippen molar-refractivity contribution < 1.29 is 28.2 Å². The van der Waals surface area contributed by atoms with E-state index in [-0.39, 0.29) is 35.6 Å². The van der Waals surface area contributed by atoms with Crippen LogP contribution in [0.5, 0.6) is 0 Å². The molecule has 11 heteroatoms. The van der Waals surface area contributed by atoms with Gasteiger partial charge in [-0.15, -0.1) is 0 Å². The normalized spacial score (nSPS) is 26.7. The molecule has 37 heavy (non-hydrogen) atoms. The number of anilines is 1. The zero-order valence-electron chi connectivity index (χ0n) is 20.7. The van der Waals surface area contributed by atoms with E-state index >= 15 is 0 Å². The first-order valence-electron chi connectivity index (χ1n) is 13.1. The second kappa shape index (κ2) is 10.3. The SMILES string of the molecule is O=C(CNc1ncnc2ccc(C(F)(F)F)cc12)NC1CN([C@H]2CC[C@@](O)(C(O)C3CCCC3)CC2)C1. The average Bonchev–Trinajstić information content (AvgIpc) is 3.39. The molecule has 3 fully saturated rings. The zero-order valence-corrected chi connectivity index (χ0v) is 20.7. The first kappa shape index (κ1) is 26.1. The highest BCUT2D eigenvalue weighted by Gasteiger charge is 2.45. The van der Waals surface area contributed by atoms with Crippen molar-refractivity contribution in [3.63, 3.8) is 0 Å². The number of rotatable bonds is 7. The molecule has 202 valence electrons. The second-order valence-electron chi connectivity index (χ2n) is 10.8. The number of carbonyl (C=O) groups excluding carboxylic acids is 1. The van der Waals surface area contributed by atoms with E-state index in [1.807, 2.05) is 0 Å². The van der Waals surface area contributed by atoms with Gasteiger partial charge < -0.3 is 20.8 Å². The van der Waals surface area contributed by atoms with Gasteiger partial charge in [-0.2, -0.15) is 13.2 Å². The maximum absolute atomic E-state index is 13.1. The second-order valence-corrected chi connectivity index (χ2v) is 10.8. The van der Waals surface area contributed by atoms with Gasteiger partial charge in [0.1, 0.15) is 12.1 Å². The molecule has 0 bridgehead atoms. The Morgan fingerprint density at radius 1 is 1.14 bits per heavy atom. The minimum absolute atomic E-state index is 0.00170. The molecule has 0 spiro atoms. The Kier molecular flexibility index (Phi) is 7.30. The van der Waals surface area contributed by atoms with Gasteiger partial charge in [-0.05, 0) is 62.6 Å². The number of fused-ring (bicyclic) bond motifs is 1. The molecule has 2 heterocycles. The number of amides is 1. The van der Waals surface area contributed by atoms with E-state index in [4.69, 9.17) is 0 Å². The number of hydrogen-bond acceptors (Lipinski definition) is 7. The van der Waals surface area contributed by atoms with Crippen molar-refractivity contribution in [3.05, 3.63) is 30.1 Å². The number of nitrogens with one attached hydrogen (secondary N) is 2. The summed E-state index contributed by atoms with van der Waals surface area (Å²) in [6, 6.07) is 3.57. The minimum atomic E-state index is -4.48. The van der Waals surface area contributed by atoms with Crippen molar-refractivity contribution in [2.24, 2.45) is 5.92 Å². The number of likely N-dealkylation sites (tertiary alicyclic amines) is 1. The molecule has 2 saturated carbocycles. The number of hydrogen-bond donors (Lipinski definition) is 4. The maximum atomic E-state index is 13.1. The summed E-state index contributed by atoms with van der Waals surface area (Å²) >= 11 is 0. The Balaban J connectivity index is 1.07. The third-order valence-electron chi connectivity index (χ3n) is 8.39. The van der Waals surface area contributed by atoms with E-state index in [9.17, 15) is 28.2 Å². The van der Waals surface area contributed by atoms with Crippen molar-refractivity contribution in [2.75, 3.05) is 25.0 Å². The van der Waals surface area contributed by atoms with Gasteiger partial charge in [-0.3, -0.25) is 9.69 Å². The van der Waals surface area contributed by atoms with Gasteiger partial charge in [0.2, 0.25) is 5.91 Å². The third-order valence-corrected chi connectivity index (χ3v) is 8.39. The van der Waals surface area contributed by atoms with E-state index in [0.29, 0.717) is 37.5 Å². The van der Waals surface area contributed by atoms with Crippen LogP contribution in [0.15, 0.2) is 24.5 Å². The Morgan fingerprint density at radius 3 is 2.51 bits per heavy atom. The molecule has 0 radical (unpaired) electrons. The molecular weight excluding hydrogens is 487 g/mol. The van der Waals surface area contributed by atoms with Crippen LogP contribution in [-0.4, -0.2) is 74.4 Å². The highest BCUT2D eigenvalue weighted by molar-refractivity contribution is 5.91. The first-order valence-corrected chi connectivity index (χ1v) is 13.1. The number of aliphatic hydroxyl groups excluding tert-OH is 1. The summed E-state index contributed by atoms with van der Waals surface area (Å²) < 4.78 is 39.3. The van der Waals surface area contributed by atoms with Gasteiger partial charge >= 0.3 is 6.18 Å². The molecule has 4 N–H and O–H groups in total. The average molecular weight is 522 g/mol. The number of aliphatic hydroxyl groups is 2. The lowest BCUT2D eigenvalue weighted by atomic mass is 9.73. The smallest absolute Gasteiger partial charge is 0.390 e. The lowest BCUT2D eigenvalue weighted by molar-refractivity contribution is -0.137. The fraction of sp³-hybridized carbons (Fsp3) is 0.654. The molecule has 1 aliphatic heterocycles. The molecule has 1 amide bonds. The standard InChI is InChI=1S/C26H34F3N5O3/c27-26(28,29)17-5-6-21-20(11-17)24(32-15-31-21)30-12-22(35)33-18-13-34(14-18)19-7-9-25(37,10-8-19)23(36)16-3-1-2-4-16/h5-6,11,15-16,18-19,23,36-37H,1-4,7-10,12-14H2,(H,33,35)(H,30,31,32)/t19-,23?,25-. The highest BCUT2D eigenvalue weighted by Crippen LogP contribution is 2.41. The van der Waals surface area contributed by atoms with Crippen LogP contribution < -0.4 is 10.6 Å². The van der Waals surface area contributed by atoms with Gasteiger partial charge in [0.05, 0.1) is 35.4 Å². The molecule has 1 aromatic carbocycles. The zero-order chi connectivity index (χ0) is 26.2. The van der Waals surface area contributed by atoms with Crippen LogP contribution in [0.3, 0.4) is 0 Å². The summed E-state index contributed by atoms with van der Waals surface area (Å²) in [5.74, 6) is 0.128. The molecule has 1 saturated heterocycles. The van der Waals surface area contributed by atoms with Gasteiger partial charge in [0, 0.05) is 24.5 Å². The number of benzene rings is 1. The highest BCUT2D eigenvalue weighted by atomic mass is 19.4. The summed E-state index contributed by atoms with van der Waals surface area (Å²) in [4.78, 5) is 22.8. The van der Waals surface area contributed by atoms with Crippen molar-refractivity contribution in [2.45, 2.75) is 81.3 Å². The van der Waals surface area contributed by atoms with Crippen molar-refractivity contribution in [3.8, 4) is 0 Å². The number of aromatic nitrogens is 2. The monoisotopic (exact) mass is 521 g/mol. The fourth-order valence-electron chi connectivity index (χ4n) is 6.19. The number of alkyl halides is 3. The Hall–Kier alpha value is -2.50. The molecular formula is C26H34F3N5O3. The summed E-state index contributed by atoms with van der Waals surface area (Å²) in [7, 11) is 0. The largest absolute Gasteiger partial charge is 0.416 e. The van der Waals surface area contributed by atoms with Gasteiger partial charge in [0.25, 0.3) is 0 Å². The number of carbonyl (C=O) groups is 1. The van der Waals surface area contributed by atoms with E-state index < -0.39 is 23.4 Å². The van der Waals surface area contributed by atoms with Gasteiger partial charge in [-0.1, -0.05) is 12.8 Å². The van der Waals surface area contributed by atoms with Crippen LogP contribution in [0.25, 0.3) is 10.9 Å². The van der Waals surface area contributed by atoms with Crippen LogP contribution in [0.4, 0.5) is 19.0 Å². The Morgan fingerprint density at radius 2 is 1.84 bits per heavy atom. The van der Waals surface area contributed by atoms with E-state index in [0.717, 1.165) is 50.7 Å². The minimum Gasteiger partial charge on any atom is -0.390 e. The topological polar surface area (TPSA) is 111 Å². The predicted molar refractivity (Wildman–Crippen MR) is 132 cm³/mol. The van der Waals surface area contributed by atoms with E-state index in [1.54, 1.807) is 0 Å². The van der Waals surface area contributed by atoms with Gasteiger partial charge in [-0.25, -0.2) is 9.97 Å². The predicted octanol–water partition coefficient (Wildman–Crippen LogP) is 3.09. The maximum Gasteiger partial charge on any atom is 0.416 e. The molecule has 3 aliphatic rings. The Bertz CT molecular complexity index is 1110. The quantitative estimate of drug-likeness (QED) is 0.443. The lowest BCUT2D eigenvalue weighted by Gasteiger charge is -2.49. The first-order chi connectivity index (χ1) is 17.6. The summed E-state index contributed by atoms with van der Waals surface area (Å²) in [5, 5.41) is 27.8. The number of nitrogens with zero attached hydrogens (tertiary/aromatic N) is 3. The van der Waals surface area contributed by atoms with Crippen LogP contribution in [-0.2, 0) is 11.0 Å².